The number of rotatable bonds is 3. The number of halogens is 2. The number of carbonyl (C=O) groups is 1. The van der Waals surface area contributed by atoms with Crippen LogP contribution < -0.4 is 4.74 Å². The third-order valence-corrected chi connectivity index (χ3v) is 5.68. The first kappa shape index (κ1) is 19.4. The summed E-state index contributed by atoms with van der Waals surface area (Å²) in [6, 6.07) is 16.1. The molecular formula is C23H20F2N4O2. The van der Waals surface area contributed by atoms with Crippen LogP contribution in [0.1, 0.15) is 16.8 Å². The topological polar surface area (TPSA) is 60.2 Å². The second-order valence-electron chi connectivity index (χ2n) is 7.74. The van der Waals surface area contributed by atoms with Gasteiger partial charge >= 0.3 is 0 Å². The second kappa shape index (κ2) is 7.30. The van der Waals surface area contributed by atoms with Crippen LogP contribution in [0.4, 0.5) is 8.78 Å². The van der Waals surface area contributed by atoms with Crippen molar-refractivity contribution < 1.29 is 18.3 Å². The molecule has 2 aromatic heterocycles. The molecule has 5 rings (SSSR count). The molecule has 1 aliphatic rings. The van der Waals surface area contributed by atoms with Crippen LogP contribution in [0.15, 0.2) is 60.9 Å². The lowest BCUT2D eigenvalue weighted by Crippen LogP contribution is -2.55. The maximum absolute atomic E-state index is 14.7. The molecule has 0 saturated carbocycles. The Morgan fingerprint density at radius 3 is 2.84 bits per heavy atom. The number of nitrogens with zero attached hydrogens (tertiary/aromatic N) is 4. The van der Waals surface area contributed by atoms with Gasteiger partial charge in [-0.3, -0.25) is 4.79 Å². The number of para-hydroxylation sites is 2. The average molecular weight is 422 g/mol. The summed E-state index contributed by atoms with van der Waals surface area (Å²) in [5, 5.41) is 0.894. The van der Waals surface area contributed by atoms with Gasteiger partial charge in [0, 0.05) is 31.5 Å². The highest BCUT2D eigenvalue weighted by Crippen LogP contribution is 2.33. The molecule has 1 amide bonds. The fourth-order valence-electron chi connectivity index (χ4n) is 3.94. The fourth-order valence-corrected chi connectivity index (χ4v) is 3.94. The van der Waals surface area contributed by atoms with Crippen LogP contribution in [0.5, 0.6) is 5.88 Å². The highest BCUT2D eigenvalue weighted by atomic mass is 19.3. The van der Waals surface area contributed by atoms with E-state index in [1.165, 1.54) is 4.90 Å². The standard InChI is InChI=1S/C23H20F2N4O2/c1-28-14-26-21-16(6-4-8-18(21)28)22(30)29-12-11-23(24,25)19(13-29)31-20-10-9-15-5-2-3-7-17(15)27-20/h2-10,14,19H,11-13H2,1H3. The van der Waals surface area contributed by atoms with Crippen molar-refractivity contribution in [3.8, 4) is 5.88 Å². The molecule has 2 aromatic carbocycles. The molecule has 0 bridgehead atoms. The summed E-state index contributed by atoms with van der Waals surface area (Å²) in [5.41, 5.74) is 2.42. The van der Waals surface area contributed by atoms with Gasteiger partial charge in [0.1, 0.15) is 5.52 Å². The van der Waals surface area contributed by atoms with Gasteiger partial charge in [-0.1, -0.05) is 24.3 Å². The van der Waals surface area contributed by atoms with E-state index in [2.05, 4.69) is 9.97 Å². The monoisotopic (exact) mass is 422 g/mol. The minimum absolute atomic E-state index is 0.0555. The predicted octanol–water partition coefficient (Wildman–Crippen LogP) is 4.05. The number of imidazole rings is 1. The Morgan fingerprint density at radius 1 is 1.13 bits per heavy atom. The number of alkyl halides is 2. The Labute approximate surface area is 177 Å². The van der Waals surface area contributed by atoms with Crippen LogP contribution in [-0.4, -0.2) is 50.5 Å². The van der Waals surface area contributed by atoms with Crippen LogP contribution in [0.25, 0.3) is 21.9 Å². The van der Waals surface area contributed by atoms with Crippen molar-refractivity contribution >= 4 is 27.8 Å². The van der Waals surface area contributed by atoms with Crippen molar-refractivity contribution in [2.24, 2.45) is 7.05 Å². The Kier molecular flexibility index (Phi) is 4.57. The zero-order valence-corrected chi connectivity index (χ0v) is 16.8. The maximum atomic E-state index is 14.7. The van der Waals surface area contributed by atoms with Gasteiger partial charge in [-0.15, -0.1) is 0 Å². The number of piperidine rings is 1. The van der Waals surface area contributed by atoms with E-state index in [0.29, 0.717) is 16.6 Å². The summed E-state index contributed by atoms with van der Waals surface area (Å²) in [5.74, 6) is -3.29. The largest absolute Gasteiger partial charge is 0.466 e. The van der Waals surface area contributed by atoms with Crippen LogP contribution in [0.3, 0.4) is 0 Å². The molecule has 1 atom stereocenters. The van der Waals surface area contributed by atoms with Gasteiger partial charge in [0.15, 0.2) is 6.10 Å². The number of hydrogen-bond acceptors (Lipinski definition) is 4. The summed E-state index contributed by atoms with van der Waals surface area (Å²) in [4.78, 5) is 23.2. The normalized spacial score (nSPS) is 18.4. The molecule has 1 fully saturated rings. The van der Waals surface area contributed by atoms with Gasteiger partial charge in [-0.2, -0.15) is 0 Å². The predicted molar refractivity (Wildman–Crippen MR) is 112 cm³/mol. The highest BCUT2D eigenvalue weighted by Gasteiger charge is 2.47. The van der Waals surface area contributed by atoms with Crippen molar-refractivity contribution in [1.82, 2.24) is 19.4 Å². The molecule has 1 saturated heterocycles. The number of fused-ring (bicyclic) bond motifs is 2. The number of carbonyl (C=O) groups excluding carboxylic acids is 1. The quantitative estimate of drug-likeness (QED) is 0.500. The van der Waals surface area contributed by atoms with E-state index in [-0.39, 0.29) is 24.9 Å². The molecule has 6 nitrogen and oxygen atoms in total. The molecule has 0 radical (unpaired) electrons. The van der Waals surface area contributed by atoms with E-state index in [1.807, 2.05) is 35.9 Å². The molecular weight excluding hydrogens is 402 g/mol. The molecule has 0 aliphatic carbocycles. The van der Waals surface area contributed by atoms with Crippen LogP contribution in [-0.2, 0) is 7.05 Å². The van der Waals surface area contributed by atoms with E-state index in [4.69, 9.17) is 4.74 Å². The first-order valence-electron chi connectivity index (χ1n) is 10.0. The van der Waals surface area contributed by atoms with Crippen molar-refractivity contribution in [1.29, 1.82) is 0 Å². The van der Waals surface area contributed by atoms with E-state index in [1.54, 1.807) is 36.7 Å². The lowest BCUT2D eigenvalue weighted by Gasteiger charge is -2.38. The zero-order valence-electron chi connectivity index (χ0n) is 16.8. The average Bonchev–Trinajstić information content (AvgIpc) is 3.15. The number of benzene rings is 2. The van der Waals surface area contributed by atoms with Gasteiger partial charge < -0.3 is 14.2 Å². The van der Waals surface area contributed by atoms with Gasteiger partial charge in [-0.25, -0.2) is 18.7 Å². The maximum Gasteiger partial charge on any atom is 0.287 e. The third-order valence-electron chi connectivity index (χ3n) is 5.68. The van der Waals surface area contributed by atoms with Crippen molar-refractivity contribution in [3.63, 3.8) is 0 Å². The minimum Gasteiger partial charge on any atom is -0.466 e. The molecule has 1 unspecified atom stereocenters. The van der Waals surface area contributed by atoms with Crippen LogP contribution >= 0.6 is 0 Å². The number of ether oxygens (including phenoxy) is 1. The molecule has 1 aliphatic heterocycles. The molecule has 0 N–H and O–H groups in total. The van der Waals surface area contributed by atoms with Gasteiger partial charge in [-0.05, 0) is 24.3 Å². The molecule has 3 heterocycles. The summed E-state index contributed by atoms with van der Waals surface area (Å²) in [7, 11) is 1.84. The molecule has 31 heavy (non-hydrogen) atoms. The van der Waals surface area contributed by atoms with Crippen molar-refractivity contribution in [2.45, 2.75) is 18.4 Å². The van der Waals surface area contributed by atoms with Crippen molar-refractivity contribution in [3.05, 3.63) is 66.5 Å². The highest BCUT2D eigenvalue weighted by molar-refractivity contribution is 6.05. The lowest BCUT2D eigenvalue weighted by molar-refractivity contribution is -0.131. The Balaban J connectivity index is 1.41. The Morgan fingerprint density at radius 2 is 1.97 bits per heavy atom. The summed E-state index contributed by atoms with van der Waals surface area (Å²) >= 11 is 0. The molecule has 4 aromatic rings. The van der Waals surface area contributed by atoms with Gasteiger partial charge in [0.05, 0.1) is 29.5 Å². The van der Waals surface area contributed by atoms with Crippen LogP contribution in [0.2, 0.25) is 0 Å². The molecule has 8 heteroatoms. The third kappa shape index (κ3) is 3.48. The number of likely N-dealkylation sites (tertiary alicyclic amines) is 1. The Bertz CT molecular complexity index is 1290. The smallest absolute Gasteiger partial charge is 0.287 e. The Hall–Kier alpha value is -3.55. The number of hydrogen-bond donors (Lipinski definition) is 0. The first-order valence-corrected chi connectivity index (χ1v) is 10.0. The first-order chi connectivity index (χ1) is 14.9. The second-order valence-corrected chi connectivity index (χ2v) is 7.74. The summed E-state index contributed by atoms with van der Waals surface area (Å²) < 4.78 is 36.7. The summed E-state index contributed by atoms with van der Waals surface area (Å²) in [6.07, 6.45) is -0.333. The number of aromatic nitrogens is 3. The van der Waals surface area contributed by atoms with Crippen molar-refractivity contribution in [2.75, 3.05) is 13.1 Å². The number of aryl methyl sites for hydroxylation is 1. The number of amides is 1. The minimum atomic E-state index is -3.07. The van der Waals surface area contributed by atoms with Crippen LogP contribution in [0, 0.1) is 0 Å². The SMILES string of the molecule is Cn1cnc2c(C(=O)N3CCC(F)(F)C(Oc4ccc5ccccc5n4)C3)cccc21. The number of pyridine rings is 1. The van der Waals surface area contributed by atoms with Gasteiger partial charge in [0.25, 0.3) is 11.8 Å². The zero-order chi connectivity index (χ0) is 21.6. The molecule has 0 spiro atoms. The molecule has 158 valence electrons. The van der Waals surface area contributed by atoms with E-state index < -0.39 is 18.4 Å². The van der Waals surface area contributed by atoms with E-state index in [9.17, 15) is 13.6 Å². The van der Waals surface area contributed by atoms with E-state index in [0.717, 1.165) is 10.9 Å². The van der Waals surface area contributed by atoms with E-state index >= 15 is 0 Å². The van der Waals surface area contributed by atoms with Gasteiger partial charge in [0.2, 0.25) is 5.88 Å². The lowest BCUT2D eigenvalue weighted by atomic mass is 10.0. The summed E-state index contributed by atoms with van der Waals surface area (Å²) in [6.45, 7) is -0.288. The fraction of sp³-hybridized carbons (Fsp3) is 0.261.